The standard InChI is InChI=1S/C12H18N2O3/c1-9(2)17-8-4-7-13-12(16)10-5-3-6-11(15)14-10/h3,5-6,9H,4,7-8H2,1-2H3,(H,13,16)(H,14,15). The summed E-state index contributed by atoms with van der Waals surface area (Å²) < 4.78 is 5.34. The summed E-state index contributed by atoms with van der Waals surface area (Å²) in [7, 11) is 0. The Morgan fingerprint density at radius 1 is 1.47 bits per heavy atom. The first-order chi connectivity index (χ1) is 8.09. The van der Waals surface area contributed by atoms with E-state index in [2.05, 4.69) is 10.3 Å². The van der Waals surface area contributed by atoms with Crippen LogP contribution in [0.1, 0.15) is 30.8 Å². The highest BCUT2D eigenvalue weighted by Gasteiger charge is 2.04. The van der Waals surface area contributed by atoms with Crippen molar-refractivity contribution >= 4 is 5.91 Å². The van der Waals surface area contributed by atoms with E-state index < -0.39 is 0 Å². The predicted octanol–water partition coefficient (Wildman–Crippen LogP) is 0.920. The van der Waals surface area contributed by atoms with Gasteiger partial charge in [0.2, 0.25) is 5.56 Å². The number of ether oxygens (including phenoxy) is 1. The van der Waals surface area contributed by atoms with E-state index in [9.17, 15) is 9.59 Å². The van der Waals surface area contributed by atoms with Crippen molar-refractivity contribution < 1.29 is 9.53 Å². The first-order valence-electron chi connectivity index (χ1n) is 5.68. The number of hydrogen-bond acceptors (Lipinski definition) is 3. The Morgan fingerprint density at radius 2 is 2.24 bits per heavy atom. The van der Waals surface area contributed by atoms with E-state index >= 15 is 0 Å². The van der Waals surface area contributed by atoms with Gasteiger partial charge in [-0.1, -0.05) is 6.07 Å². The van der Waals surface area contributed by atoms with E-state index in [0.29, 0.717) is 13.2 Å². The molecule has 1 amide bonds. The summed E-state index contributed by atoms with van der Waals surface area (Å²) in [6.45, 7) is 5.08. The monoisotopic (exact) mass is 238 g/mol. The molecule has 5 nitrogen and oxygen atoms in total. The molecule has 94 valence electrons. The van der Waals surface area contributed by atoms with Crippen molar-refractivity contribution in [3.8, 4) is 0 Å². The van der Waals surface area contributed by atoms with Gasteiger partial charge in [-0.2, -0.15) is 0 Å². The highest BCUT2D eigenvalue weighted by Crippen LogP contribution is 1.92. The van der Waals surface area contributed by atoms with Gasteiger partial charge in [-0.05, 0) is 26.3 Å². The average Bonchev–Trinajstić information content (AvgIpc) is 2.28. The fraction of sp³-hybridized carbons (Fsp3) is 0.500. The normalized spacial score (nSPS) is 10.5. The van der Waals surface area contributed by atoms with Gasteiger partial charge in [0.05, 0.1) is 6.10 Å². The molecule has 0 aliphatic heterocycles. The number of H-pyrrole nitrogens is 1. The SMILES string of the molecule is CC(C)OCCCNC(=O)c1cccc(=O)[nH]1. The quantitative estimate of drug-likeness (QED) is 0.724. The molecule has 0 unspecified atom stereocenters. The molecule has 0 bridgehead atoms. The summed E-state index contributed by atoms with van der Waals surface area (Å²) in [5.41, 5.74) is 0.00284. The molecule has 17 heavy (non-hydrogen) atoms. The molecule has 1 heterocycles. The molecular weight excluding hydrogens is 220 g/mol. The molecule has 1 aromatic heterocycles. The maximum atomic E-state index is 11.6. The number of nitrogens with one attached hydrogen (secondary N) is 2. The van der Waals surface area contributed by atoms with Crippen molar-refractivity contribution in [2.45, 2.75) is 26.4 Å². The topological polar surface area (TPSA) is 71.2 Å². The zero-order valence-corrected chi connectivity index (χ0v) is 10.2. The summed E-state index contributed by atoms with van der Waals surface area (Å²) in [6.07, 6.45) is 0.956. The van der Waals surface area contributed by atoms with Crippen LogP contribution in [0.15, 0.2) is 23.0 Å². The second-order valence-electron chi connectivity index (χ2n) is 3.96. The zero-order valence-electron chi connectivity index (χ0n) is 10.2. The number of carbonyl (C=O) groups is 1. The van der Waals surface area contributed by atoms with Crippen LogP contribution in [0.4, 0.5) is 0 Å². The minimum Gasteiger partial charge on any atom is -0.379 e. The fourth-order valence-electron chi connectivity index (χ4n) is 1.27. The summed E-state index contributed by atoms with van der Waals surface area (Å²) >= 11 is 0. The Hall–Kier alpha value is -1.62. The van der Waals surface area contributed by atoms with Gasteiger partial charge in [-0.25, -0.2) is 0 Å². The van der Waals surface area contributed by atoms with Gasteiger partial charge in [-0.3, -0.25) is 9.59 Å². The lowest BCUT2D eigenvalue weighted by Crippen LogP contribution is -2.27. The Balaban J connectivity index is 2.28. The number of aromatic amines is 1. The van der Waals surface area contributed by atoms with Crippen molar-refractivity contribution in [1.29, 1.82) is 0 Å². The maximum absolute atomic E-state index is 11.6. The maximum Gasteiger partial charge on any atom is 0.267 e. The number of pyridine rings is 1. The number of amides is 1. The molecule has 0 spiro atoms. The Labute approximate surface area is 100 Å². The molecule has 0 aliphatic carbocycles. The minimum absolute atomic E-state index is 0.205. The van der Waals surface area contributed by atoms with Crippen molar-refractivity contribution in [1.82, 2.24) is 10.3 Å². The van der Waals surface area contributed by atoms with E-state index in [1.54, 1.807) is 12.1 Å². The Morgan fingerprint density at radius 3 is 2.88 bits per heavy atom. The molecule has 1 aromatic rings. The second kappa shape index (κ2) is 6.85. The molecule has 0 aromatic carbocycles. The van der Waals surface area contributed by atoms with E-state index in [1.807, 2.05) is 13.8 Å². The highest BCUT2D eigenvalue weighted by atomic mass is 16.5. The number of hydrogen-bond donors (Lipinski definition) is 2. The molecule has 2 N–H and O–H groups in total. The van der Waals surface area contributed by atoms with Crippen molar-refractivity contribution in [2.75, 3.05) is 13.2 Å². The van der Waals surface area contributed by atoms with Crippen LogP contribution < -0.4 is 10.9 Å². The third-order valence-corrected chi connectivity index (χ3v) is 2.07. The van der Waals surface area contributed by atoms with Crippen LogP contribution in [0.3, 0.4) is 0 Å². The third-order valence-electron chi connectivity index (χ3n) is 2.07. The largest absolute Gasteiger partial charge is 0.379 e. The summed E-state index contributed by atoms with van der Waals surface area (Å²) in [5, 5.41) is 2.71. The lowest BCUT2D eigenvalue weighted by atomic mass is 10.3. The third kappa shape index (κ3) is 5.31. The van der Waals surface area contributed by atoms with Crippen LogP contribution in [-0.4, -0.2) is 30.1 Å². The molecule has 0 saturated carbocycles. The first-order valence-corrected chi connectivity index (χ1v) is 5.68. The van der Waals surface area contributed by atoms with Gasteiger partial charge in [0, 0.05) is 19.2 Å². The first kappa shape index (κ1) is 13.4. The highest BCUT2D eigenvalue weighted by molar-refractivity contribution is 5.92. The van der Waals surface area contributed by atoms with Crippen molar-refractivity contribution in [2.24, 2.45) is 0 Å². The molecule has 0 aliphatic rings. The molecule has 1 rings (SSSR count). The lowest BCUT2D eigenvalue weighted by Gasteiger charge is -2.08. The van der Waals surface area contributed by atoms with Gasteiger partial charge in [0.15, 0.2) is 0 Å². The van der Waals surface area contributed by atoms with Gasteiger partial charge >= 0.3 is 0 Å². The lowest BCUT2D eigenvalue weighted by molar-refractivity contribution is 0.0756. The van der Waals surface area contributed by atoms with Crippen molar-refractivity contribution in [3.63, 3.8) is 0 Å². The Bertz CT molecular complexity index is 412. The van der Waals surface area contributed by atoms with Crippen LogP contribution in [0.2, 0.25) is 0 Å². The number of aromatic nitrogens is 1. The zero-order chi connectivity index (χ0) is 12.7. The summed E-state index contributed by atoms with van der Waals surface area (Å²) in [4.78, 5) is 25.0. The van der Waals surface area contributed by atoms with Gasteiger partial charge < -0.3 is 15.0 Å². The van der Waals surface area contributed by atoms with E-state index in [1.165, 1.54) is 6.07 Å². The van der Waals surface area contributed by atoms with E-state index in [-0.39, 0.29) is 23.3 Å². The Kier molecular flexibility index (Phi) is 5.42. The molecule has 0 fully saturated rings. The molecule has 0 radical (unpaired) electrons. The summed E-state index contributed by atoms with van der Waals surface area (Å²) in [6, 6.07) is 4.49. The van der Waals surface area contributed by atoms with Gasteiger partial charge in [0.1, 0.15) is 5.69 Å². The fourth-order valence-corrected chi connectivity index (χ4v) is 1.27. The van der Waals surface area contributed by atoms with Crippen molar-refractivity contribution in [3.05, 3.63) is 34.2 Å². The van der Waals surface area contributed by atoms with E-state index in [4.69, 9.17) is 4.74 Å². The average molecular weight is 238 g/mol. The van der Waals surface area contributed by atoms with Crippen LogP contribution >= 0.6 is 0 Å². The molecule has 0 saturated heterocycles. The van der Waals surface area contributed by atoms with Crippen LogP contribution in [-0.2, 0) is 4.74 Å². The summed E-state index contributed by atoms with van der Waals surface area (Å²) in [5.74, 6) is -0.271. The second-order valence-corrected chi connectivity index (χ2v) is 3.96. The molecule has 0 atom stereocenters. The number of rotatable bonds is 6. The van der Waals surface area contributed by atoms with Crippen LogP contribution in [0.5, 0.6) is 0 Å². The van der Waals surface area contributed by atoms with Gasteiger partial charge in [-0.15, -0.1) is 0 Å². The predicted molar refractivity (Wildman–Crippen MR) is 65.1 cm³/mol. The smallest absolute Gasteiger partial charge is 0.267 e. The molecular formula is C12H18N2O3. The number of carbonyl (C=O) groups excluding carboxylic acids is 1. The van der Waals surface area contributed by atoms with Crippen LogP contribution in [0, 0.1) is 0 Å². The molecule has 5 heteroatoms. The minimum atomic E-state index is -0.277. The van der Waals surface area contributed by atoms with Gasteiger partial charge in [0.25, 0.3) is 5.91 Å². The van der Waals surface area contributed by atoms with E-state index in [0.717, 1.165) is 6.42 Å². The van der Waals surface area contributed by atoms with Crippen LogP contribution in [0.25, 0.3) is 0 Å².